The van der Waals surface area contributed by atoms with E-state index in [0.717, 1.165) is 6.54 Å². The Morgan fingerprint density at radius 3 is 2.67 bits per heavy atom. The van der Waals surface area contributed by atoms with Crippen molar-refractivity contribution < 1.29 is 9.53 Å². The maximum Gasteiger partial charge on any atom is 0.257 e. The van der Waals surface area contributed by atoms with E-state index in [1.165, 1.54) is 0 Å². The molecule has 0 fully saturated rings. The van der Waals surface area contributed by atoms with Gasteiger partial charge < -0.3 is 26.4 Å². The fourth-order valence-corrected chi connectivity index (χ4v) is 1.26. The smallest absolute Gasteiger partial charge is 0.257 e. The molecule has 6 heteroatoms. The molecule has 0 atom stereocenters. The lowest BCUT2D eigenvalue weighted by molar-refractivity contribution is -0.123. The Morgan fingerprint density at radius 1 is 1.33 bits per heavy atom. The van der Waals surface area contributed by atoms with Crippen molar-refractivity contribution in [1.29, 1.82) is 0 Å². The molecule has 0 saturated carbocycles. The topological polar surface area (TPSA) is 93.6 Å². The van der Waals surface area contributed by atoms with Gasteiger partial charge in [0.2, 0.25) is 0 Å². The van der Waals surface area contributed by atoms with Crippen LogP contribution >= 0.6 is 0 Å². The minimum absolute atomic E-state index is 0.0310. The molecule has 0 spiro atoms. The molecule has 0 aliphatic rings. The summed E-state index contributed by atoms with van der Waals surface area (Å²) in [6.07, 6.45) is 0. The van der Waals surface area contributed by atoms with Crippen LogP contribution in [-0.4, -0.2) is 44.6 Å². The first-order valence-electron chi connectivity index (χ1n) is 5.68. The number of carbonyl (C=O) groups excluding carboxylic acids is 1. The number of nitrogens with one attached hydrogen (secondary N) is 1. The zero-order chi connectivity index (χ0) is 13.5. The molecule has 0 bridgehead atoms. The van der Waals surface area contributed by atoms with Gasteiger partial charge in [-0.1, -0.05) is 0 Å². The average Bonchev–Trinajstić information content (AvgIpc) is 2.30. The zero-order valence-corrected chi connectivity index (χ0v) is 10.8. The molecule has 6 nitrogen and oxygen atoms in total. The number of hydrogen-bond acceptors (Lipinski definition) is 5. The van der Waals surface area contributed by atoms with E-state index in [9.17, 15) is 4.79 Å². The molecule has 0 aliphatic carbocycles. The molecule has 0 heterocycles. The summed E-state index contributed by atoms with van der Waals surface area (Å²) in [5.74, 6) is 0.372. The third-order valence-electron chi connectivity index (χ3n) is 2.31. The maximum absolute atomic E-state index is 11.4. The lowest BCUT2D eigenvalue weighted by Gasteiger charge is -2.11. The molecule has 0 radical (unpaired) electrons. The largest absolute Gasteiger partial charge is 0.484 e. The van der Waals surface area contributed by atoms with Crippen molar-refractivity contribution in [3.63, 3.8) is 0 Å². The standard InChI is InChI=1S/C12H20N4O2/c1-16(2)6-5-15-12(17)8-18-9-3-4-10(13)11(14)7-9/h3-4,7H,5-6,8,13-14H2,1-2H3,(H,15,17). The van der Waals surface area contributed by atoms with E-state index in [2.05, 4.69) is 5.32 Å². The second-order valence-corrected chi connectivity index (χ2v) is 4.23. The van der Waals surface area contributed by atoms with Crippen molar-refractivity contribution in [3.05, 3.63) is 18.2 Å². The maximum atomic E-state index is 11.4. The molecule has 100 valence electrons. The van der Waals surface area contributed by atoms with Gasteiger partial charge in [0.25, 0.3) is 5.91 Å². The number of benzene rings is 1. The van der Waals surface area contributed by atoms with Crippen LogP contribution in [0.25, 0.3) is 0 Å². The lowest BCUT2D eigenvalue weighted by atomic mass is 10.2. The predicted molar refractivity (Wildman–Crippen MR) is 72.3 cm³/mol. The SMILES string of the molecule is CN(C)CCNC(=O)COc1ccc(N)c(N)c1. The van der Waals surface area contributed by atoms with Gasteiger partial charge in [0.05, 0.1) is 11.4 Å². The Labute approximate surface area is 107 Å². The first-order chi connectivity index (χ1) is 8.49. The lowest BCUT2D eigenvalue weighted by Crippen LogP contribution is -2.34. The number of likely N-dealkylation sites (N-methyl/N-ethyl adjacent to an activating group) is 1. The molecule has 1 aromatic carbocycles. The molecule has 1 amide bonds. The second kappa shape index (κ2) is 6.70. The summed E-state index contributed by atoms with van der Waals surface area (Å²) in [5, 5.41) is 2.75. The molecule has 0 aliphatic heterocycles. The van der Waals surface area contributed by atoms with Gasteiger partial charge in [0.1, 0.15) is 5.75 Å². The van der Waals surface area contributed by atoms with E-state index in [1.807, 2.05) is 19.0 Å². The van der Waals surface area contributed by atoms with Gasteiger partial charge in [-0.2, -0.15) is 0 Å². The van der Waals surface area contributed by atoms with E-state index in [0.29, 0.717) is 23.7 Å². The number of nitrogens with two attached hydrogens (primary N) is 2. The Morgan fingerprint density at radius 2 is 2.06 bits per heavy atom. The average molecular weight is 252 g/mol. The quantitative estimate of drug-likeness (QED) is 0.615. The number of ether oxygens (including phenoxy) is 1. The fourth-order valence-electron chi connectivity index (χ4n) is 1.26. The highest BCUT2D eigenvalue weighted by atomic mass is 16.5. The van der Waals surface area contributed by atoms with Crippen molar-refractivity contribution in [2.24, 2.45) is 0 Å². The minimum Gasteiger partial charge on any atom is -0.484 e. The van der Waals surface area contributed by atoms with Crippen molar-refractivity contribution in [1.82, 2.24) is 10.2 Å². The van der Waals surface area contributed by atoms with Crippen molar-refractivity contribution in [2.75, 3.05) is 45.3 Å². The van der Waals surface area contributed by atoms with Crippen LogP contribution in [0, 0.1) is 0 Å². The number of nitrogen functional groups attached to an aromatic ring is 2. The van der Waals surface area contributed by atoms with Crippen LogP contribution in [0.5, 0.6) is 5.75 Å². The molecule has 18 heavy (non-hydrogen) atoms. The van der Waals surface area contributed by atoms with Crippen LogP contribution < -0.4 is 21.5 Å². The molecule has 1 rings (SSSR count). The predicted octanol–water partition coefficient (Wildman–Crippen LogP) is -0.0924. The molecule has 0 saturated heterocycles. The van der Waals surface area contributed by atoms with Crippen LogP contribution in [0.4, 0.5) is 11.4 Å². The van der Waals surface area contributed by atoms with Crippen LogP contribution in [0.3, 0.4) is 0 Å². The first-order valence-corrected chi connectivity index (χ1v) is 5.68. The summed E-state index contributed by atoms with van der Waals surface area (Å²) in [5.41, 5.74) is 12.1. The summed E-state index contributed by atoms with van der Waals surface area (Å²) >= 11 is 0. The number of carbonyl (C=O) groups is 1. The van der Waals surface area contributed by atoms with E-state index in [1.54, 1.807) is 18.2 Å². The molecule has 1 aromatic rings. The summed E-state index contributed by atoms with van der Waals surface area (Å²) in [6.45, 7) is 1.36. The number of anilines is 2. The van der Waals surface area contributed by atoms with Gasteiger partial charge in [0, 0.05) is 19.2 Å². The van der Waals surface area contributed by atoms with Gasteiger partial charge in [-0.05, 0) is 26.2 Å². The first kappa shape index (κ1) is 14.1. The molecular formula is C12H20N4O2. The number of nitrogens with zero attached hydrogens (tertiary/aromatic N) is 1. The van der Waals surface area contributed by atoms with Gasteiger partial charge in [-0.15, -0.1) is 0 Å². The van der Waals surface area contributed by atoms with E-state index in [-0.39, 0.29) is 12.5 Å². The fraction of sp³-hybridized carbons (Fsp3) is 0.417. The van der Waals surface area contributed by atoms with Crippen molar-refractivity contribution in [3.8, 4) is 5.75 Å². The number of rotatable bonds is 6. The molecular weight excluding hydrogens is 232 g/mol. The molecule has 5 N–H and O–H groups in total. The van der Waals surface area contributed by atoms with Crippen LogP contribution in [0.2, 0.25) is 0 Å². The summed E-state index contributed by atoms with van der Waals surface area (Å²) < 4.78 is 5.30. The van der Waals surface area contributed by atoms with Gasteiger partial charge in [0.15, 0.2) is 6.61 Å². The second-order valence-electron chi connectivity index (χ2n) is 4.23. The summed E-state index contributed by atoms with van der Waals surface area (Å²) in [6, 6.07) is 4.93. The monoisotopic (exact) mass is 252 g/mol. The van der Waals surface area contributed by atoms with Crippen LogP contribution in [0.1, 0.15) is 0 Å². The molecule has 0 aromatic heterocycles. The highest BCUT2D eigenvalue weighted by Gasteiger charge is 2.03. The van der Waals surface area contributed by atoms with Crippen LogP contribution in [0.15, 0.2) is 18.2 Å². The summed E-state index contributed by atoms with van der Waals surface area (Å²) in [4.78, 5) is 13.4. The third kappa shape index (κ3) is 4.92. The van der Waals surface area contributed by atoms with E-state index >= 15 is 0 Å². The van der Waals surface area contributed by atoms with E-state index in [4.69, 9.17) is 16.2 Å². The van der Waals surface area contributed by atoms with Gasteiger partial charge in [-0.3, -0.25) is 4.79 Å². The number of amides is 1. The Kier molecular flexibility index (Phi) is 5.26. The Hall–Kier alpha value is -1.95. The highest BCUT2D eigenvalue weighted by Crippen LogP contribution is 2.21. The third-order valence-corrected chi connectivity index (χ3v) is 2.31. The normalized spacial score (nSPS) is 10.4. The minimum atomic E-state index is -0.160. The highest BCUT2D eigenvalue weighted by molar-refractivity contribution is 5.77. The van der Waals surface area contributed by atoms with Crippen molar-refractivity contribution >= 4 is 17.3 Å². The Balaban J connectivity index is 2.31. The Bertz CT molecular complexity index is 407. The van der Waals surface area contributed by atoms with Crippen molar-refractivity contribution in [2.45, 2.75) is 0 Å². The number of hydrogen-bond donors (Lipinski definition) is 3. The van der Waals surface area contributed by atoms with E-state index < -0.39 is 0 Å². The molecule has 0 unspecified atom stereocenters. The zero-order valence-electron chi connectivity index (χ0n) is 10.8. The van der Waals surface area contributed by atoms with Gasteiger partial charge >= 0.3 is 0 Å². The summed E-state index contributed by atoms with van der Waals surface area (Å²) in [7, 11) is 3.89. The van der Waals surface area contributed by atoms with Gasteiger partial charge in [-0.25, -0.2) is 0 Å². The van der Waals surface area contributed by atoms with Crippen LogP contribution in [-0.2, 0) is 4.79 Å².